The van der Waals surface area contributed by atoms with Crippen LogP contribution in [0, 0.1) is 5.92 Å². The molecule has 4 nitrogen and oxygen atoms in total. The lowest BCUT2D eigenvalue weighted by molar-refractivity contribution is -0.114. The molecule has 108 valence electrons. The maximum absolute atomic E-state index is 10.2. The lowest BCUT2D eigenvalue weighted by Gasteiger charge is -2.12. The molecule has 0 aromatic carbocycles. The second kappa shape index (κ2) is 21.3. The number of aldehydes is 3. The SMILES string of the molecule is CCC(O)C(C=O)CC.CCC=O.CCCC=O. The van der Waals surface area contributed by atoms with Gasteiger partial charge in [-0.1, -0.05) is 27.7 Å². The Morgan fingerprint density at radius 3 is 1.50 bits per heavy atom. The lowest BCUT2D eigenvalue weighted by Crippen LogP contribution is -2.19. The van der Waals surface area contributed by atoms with Gasteiger partial charge >= 0.3 is 0 Å². The largest absolute Gasteiger partial charge is 0.392 e. The number of carbonyl (C=O) groups excluding carboxylic acids is 3. The number of carbonyl (C=O) groups is 3. The minimum atomic E-state index is -0.438. The first-order valence-corrected chi connectivity index (χ1v) is 6.59. The van der Waals surface area contributed by atoms with E-state index >= 15 is 0 Å². The van der Waals surface area contributed by atoms with Gasteiger partial charge in [0.1, 0.15) is 18.9 Å². The summed E-state index contributed by atoms with van der Waals surface area (Å²) in [4.78, 5) is 28.8. The van der Waals surface area contributed by atoms with Gasteiger partial charge in [0, 0.05) is 18.8 Å². The third kappa shape index (κ3) is 20.4. The van der Waals surface area contributed by atoms with Crippen LogP contribution in [-0.4, -0.2) is 30.1 Å². The molecular weight excluding hydrogens is 232 g/mol. The number of aliphatic hydroxyl groups excluding tert-OH is 1. The van der Waals surface area contributed by atoms with Gasteiger partial charge in [0.2, 0.25) is 0 Å². The molecule has 0 spiro atoms. The summed E-state index contributed by atoms with van der Waals surface area (Å²) in [6, 6.07) is 0. The molecule has 0 aromatic rings. The molecule has 0 saturated carbocycles. The summed E-state index contributed by atoms with van der Waals surface area (Å²) in [7, 11) is 0. The number of aliphatic hydroxyl groups is 1. The van der Waals surface area contributed by atoms with Crippen LogP contribution in [0.1, 0.15) is 59.8 Å². The van der Waals surface area contributed by atoms with Gasteiger partial charge in [0.15, 0.2) is 0 Å². The minimum Gasteiger partial charge on any atom is -0.392 e. The monoisotopic (exact) mass is 260 g/mol. The maximum atomic E-state index is 10.2. The molecular formula is C14H28O4. The van der Waals surface area contributed by atoms with E-state index in [1.807, 2.05) is 27.7 Å². The van der Waals surface area contributed by atoms with Crippen LogP contribution in [-0.2, 0) is 14.4 Å². The smallest absolute Gasteiger partial charge is 0.125 e. The Morgan fingerprint density at radius 2 is 1.44 bits per heavy atom. The van der Waals surface area contributed by atoms with E-state index in [9.17, 15) is 14.4 Å². The van der Waals surface area contributed by atoms with Gasteiger partial charge in [-0.05, 0) is 19.3 Å². The molecule has 0 saturated heterocycles. The Labute approximate surface area is 111 Å². The van der Waals surface area contributed by atoms with Gasteiger partial charge in [-0.2, -0.15) is 0 Å². The van der Waals surface area contributed by atoms with E-state index in [1.54, 1.807) is 0 Å². The van der Waals surface area contributed by atoms with Crippen LogP contribution in [0.5, 0.6) is 0 Å². The molecule has 0 heterocycles. The van der Waals surface area contributed by atoms with Crippen molar-refractivity contribution in [2.24, 2.45) is 5.92 Å². The van der Waals surface area contributed by atoms with E-state index in [4.69, 9.17) is 5.11 Å². The van der Waals surface area contributed by atoms with Crippen molar-refractivity contribution in [2.75, 3.05) is 0 Å². The first-order chi connectivity index (χ1) is 8.59. The Hall–Kier alpha value is -1.03. The fraction of sp³-hybridized carbons (Fsp3) is 0.786. The van der Waals surface area contributed by atoms with E-state index in [0.717, 1.165) is 31.7 Å². The average Bonchev–Trinajstić information content (AvgIpc) is 2.41. The minimum absolute atomic E-state index is 0.157. The Balaban J connectivity index is -0.000000212. The first kappa shape index (κ1) is 22.2. The van der Waals surface area contributed by atoms with E-state index in [0.29, 0.717) is 19.3 Å². The average molecular weight is 260 g/mol. The fourth-order valence-corrected chi connectivity index (χ4v) is 0.880. The molecule has 0 amide bonds. The molecule has 0 rings (SSSR count). The molecule has 4 heteroatoms. The van der Waals surface area contributed by atoms with Crippen LogP contribution in [0.3, 0.4) is 0 Å². The summed E-state index contributed by atoms with van der Waals surface area (Å²) in [6.45, 7) is 7.57. The predicted molar refractivity (Wildman–Crippen MR) is 73.5 cm³/mol. The quantitative estimate of drug-likeness (QED) is 0.714. The van der Waals surface area contributed by atoms with Gasteiger partial charge in [-0.3, -0.25) is 0 Å². The van der Waals surface area contributed by atoms with Gasteiger partial charge < -0.3 is 19.5 Å². The second-order valence-electron chi connectivity index (χ2n) is 3.71. The van der Waals surface area contributed by atoms with Crippen LogP contribution >= 0.6 is 0 Å². The summed E-state index contributed by atoms with van der Waals surface area (Å²) in [5, 5.41) is 9.09. The number of unbranched alkanes of at least 4 members (excludes halogenated alkanes) is 1. The molecule has 1 N–H and O–H groups in total. The van der Waals surface area contributed by atoms with Crippen molar-refractivity contribution in [3.63, 3.8) is 0 Å². The van der Waals surface area contributed by atoms with Crippen molar-refractivity contribution in [3.05, 3.63) is 0 Å². The molecule has 0 aliphatic heterocycles. The predicted octanol–water partition coefficient (Wildman–Crippen LogP) is 2.56. The molecule has 0 aromatic heterocycles. The van der Waals surface area contributed by atoms with Gasteiger partial charge in [0.25, 0.3) is 0 Å². The topological polar surface area (TPSA) is 71.4 Å². The van der Waals surface area contributed by atoms with Crippen molar-refractivity contribution >= 4 is 18.9 Å². The maximum Gasteiger partial charge on any atom is 0.125 e. The second-order valence-corrected chi connectivity index (χ2v) is 3.71. The molecule has 0 radical (unpaired) electrons. The zero-order chi connectivity index (χ0) is 14.8. The highest BCUT2D eigenvalue weighted by Gasteiger charge is 2.12. The summed E-state index contributed by atoms with van der Waals surface area (Å²) < 4.78 is 0. The summed E-state index contributed by atoms with van der Waals surface area (Å²) >= 11 is 0. The zero-order valence-electron chi connectivity index (χ0n) is 12.1. The van der Waals surface area contributed by atoms with E-state index in [1.165, 1.54) is 0 Å². The van der Waals surface area contributed by atoms with Crippen LogP contribution in [0.15, 0.2) is 0 Å². The van der Waals surface area contributed by atoms with Crippen LogP contribution in [0.2, 0.25) is 0 Å². The summed E-state index contributed by atoms with van der Waals surface area (Å²) in [5.41, 5.74) is 0. The molecule has 2 unspecified atom stereocenters. The Bertz CT molecular complexity index is 181. The molecule has 18 heavy (non-hydrogen) atoms. The van der Waals surface area contributed by atoms with Gasteiger partial charge in [-0.15, -0.1) is 0 Å². The first-order valence-electron chi connectivity index (χ1n) is 6.59. The van der Waals surface area contributed by atoms with Crippen molar-refractivity contribution in [3.8, 4) is 0 Å². The van der Waals surface area contributed by atoms with E-state index in [-0.39, 0.29) is 5.92 Å². The Kier molecular flexibility index (Phi) is 26.2. The van der Waals surface area contributed by atoms with Crippen LogP contribution < -0.4 is 0 Å². The van der Waals surface area contributed by atoms with Crippen molar-refractivity contribution in [1.82, 2.24) is 0 Å². The number of hydrogen-bond acceptors (Lipinski definition) is 4. The summed E-state index contributed by atoms with van der Waals surface area (Å²) in [6.07, 6.45) is 5.92. The lowest BCUT2D eigenvalue weighted by atomic mass is 10.00. The summed E-state index contributed by atoms with van der Waals surface area (Å²) in [5.74, 6) is -0.157. The molecule has 0 fully saturated rings. The molecule has 2 atom stereocenters. The number of rotatable bonds is 7. The van der Waals surface area contributed by atoms with E-state index < -0.39 is 6.10 Å². The number of hydrogen-bond donors (Lipinski definition) is 1. The molecule has 0 aliphatic rings. The third-order valence-corrected chi connectivity index (χ3v) is 2.13. The highest BCUT2D eigenvalue weighted by molar-refractivity contribution is 5.54. The van der Waals surface area contributed by atoms with Crippen LogP contribution in [0.25, 0.3) is 0 Å². The highest BCUT2D eigenvalue weighted by atomic mass is 16.3. The fourth-order valence-electron chi connectivity index (χ4n) is 0.880. The molecule has 0 aliphatic carbocycles. The van der Waals surface area contributed by atoms with Crippen molar-refractivity contribution < 1.29 is 19.5 Å². The zero-order valence-corrected chi connectivity index (χ0v) is 12.1. The van der Waals surface area contributed by atoms with Crippen molar-refractivity contribution in [2.45, 2.75) is 65.9 Å². The third-order valence-electron chi connectivity index (χ3n) is 2.13. The van der Waals surface area contributed by atoms with Gasteiger partial charge in [-0.25, -0.2) is 0 Å². The standard InChI is InChI=1S/C7H14O2.C4H8O.C3H6O/c1-3-6(5-8)7(9)4-2;1-2-3-4-5;1-2-3-4/h5-7,9H,3-4H2,1-2H3;4H,2-3H2,1H3;3H,2H2,1H3. The van der Waals surface area contributed by atoms with Gasteiger partial charge in [0.05, 0.1) is 6.10 Å². The normalized spacial score (nSPS) is 11.8. The van der Waals surface area contributed by atoms with Crippen molar-refractivity contribution in [1.29, 1.82) is 0 Å². The highest BCUT2D eigenvalue weighted by Crippen LogP contribution is 2.07. The Morgan fingerprint density at radius 1 is 0.944 bits per heavy atom. The van der Waals surface area contributed by atoms with Crippen LogP contribution in [0.4, 0.5) is 0 Å². The van der Waals surface area contributed by atoms with E-state index in [2.05, 4.69) is 0 Å². The molecule has 0 bridgehead atoms.